The normalized spacial score (nSPS) is 23.2. The van der Waals surface area contributed by atoms with Gasteiger partial charge < -0.3 is 15.4 Å². The van der Waals surface area contributed by atoms with Crippen molar-refractivity contribution in [3.63, 3.8) is 0 Å². The van der Waals surface area contributed by atoms with Crippen molar-refractivity contribution >= 4 is 11.7 Å². The fraction of sp³-hybridized carbons (Fsp3) is 0.542. The molecule has 2 fully saturated rings. The molecule has 0 bridgehead atoms. The first kappa shape index (κ1) is 26.1. The zero-order valence-electron chi connectivity index (χ0n) is 19.8. The van der Waals surface area contributed by atoms with Crippen LogP contribution >= 0.6 is 0 Å². The minimum atomic E-state index is -3.06. The van der Waals surface area contributed by atoms with E-state index < -0.39 is 41.7 Å². The van der Waals surface area contributed by atoms with Gasteiger partial charge in [0.15, 0.2) is 0 Å². The average Bonchev–Trinajstić information content (AvgIpc) is 2.83. The van der Waals surface area contributed by atoms with Crippen LogP contribution in [0.4, 0.5) is 23.4 Å². The van der Waals surface area contributed by atoms with Gasteiger partial charge in [-0.15, -0.1) is 0 Å². The Kier molecular flexibility index (Phi) is 7.37. The van der Waals surface area contributed by atoms with Gasteiger partial charge in [0.05, 0.1) is 18.2 Å². The Morgan fingerprint density at radius 3 is 2.61 bits per heavy atom. The number of halogens is 4. The van der Waals surface area contributed by atoms with Gasteiger partial charge in [-0.2, -0.15) is 0 Å². The van der Waals surface area contributed by atoms with E-state index in [4.69, 9.17) is 0 Å². The lowest BCUT2D eigenvalue weighted by molar-refractivity contribution is -0.125. The maximum atomic E-state index is 15.0. The Morgan fingerprint density at radius 2 is 1.94 bits per heavy atom. The lowest BCUT2D eigenvalue weighted by Gasteiger charge is -2.40. The van der Waals surface area contributed by atoms with Crippen LogP contribution in [-0.4, -0.2) is 74.8 Å². The van der Waals surface area contributed by atoms with Crippen molar-refractivity contribution in [1.29, 1.82) is 0 Å². The molecule has 0 aromatic carbocycles. The SMILES string of the molecule is C[C@@H](C(=O)Nc1ccc(O)cn1)N1CCC(F)(F)[C@@H](c2c[nH]c(=O)c(CN3CCC(F)(F)CC3)c2)C1. The quantitative estimate of drug-likeness (QED) is 0.515. The Bertz CT molecular complexity index is 1130. The second-order valence-electron chi connectivity index (χ2n) is 9.54. The number of likely N-dealkylation sites (tertiary alicyclic amines) is 2. The van der Waals surface area contributed by atoms with Crippen molar-refractivity contribution in [3.8, 4) is 5.75 Å². The average molecular weight is 512 g/mol. The van der Waals surface area contributed by atoms with E-state index in [9.17, 15) is 23.5 Å². The Labute approximate surface area is 205 Å². The van der Waals surface area contributed by atoms with Gasteiger partial charge in [0.25, 0.3) is 17.4 Å². The monoisotopic (exact) mass is 511 g/mol. The summed E-state index contributed by atoms with van der Waals surface area (Å²) < 4.78 is 56.9. The van der Waals surface area contributed by atoms with Gasteiger partial charge in [-0.25, -0.2) is 22.5 Å². The molecule has 2 aromatic rings. The number of aromatic nitrogens is 2. The van der Waals surface area contributed by atoms with Gasteiger partial charge >= 0.3 is 0 Å². The van der Waals surface area contributed by atoms with E-state index in [1.807, 2.05) is 0 Å². The number of anilines is 1. The molecule has 0 aliphatic carbocycles. The van der Waals surface area contributed by atoms with E-state index in [1.54, 1.807) is 16.7 Å². The molecule has 2 saturated heterocycles. The number of piperidine rings is 2. The minimum absolute atomic E-state index is 0.000701. The van der Waals surface area contributed by atoms with Gasteiger partial charge in [-0.1, -0.05) is 0 Å². The molecule has 1 amide bonds. The predicted octanol–water partition coefficient (Wildman–Crippen LogP) is 3.16. The van der Waals surface area contributed by atoms with Crippen molar-refractivity contribution in [2.24, 2.45) is 0 Å². The van der Waals surface area contributed by atoms with Crippen molar-refractivity contribution < 1.29 is 27.5 Å². The van der Waals surface area contributed by atoms with Gasteiger partial charge in [-0.05, 0) is 30.7 Å². The third-order valence-electron chi connectivity index (χ3n) is 6.97. The smallest absolute Gasteiger partial charge is 0.257 e. The molecule has 2 aromatic heterocycles. The van der Waals surface area contributed by atoms with Crippen LogP contribution in [0.3, 0.4) is 0 Å². The maximum absolute atomic E-state index is 15.0. The molecule has 2 aliphatic rings. The zero-order valence-corrected chi connectivity index (χ0v) is 19.8. The van der Waals surface area contributed by atoms with Gasteiger partial charge in [0.2, 0.25) is 5.91 Å². The van der Waals surface area contributed by atoms with Crippen LogP contribution in [-0.2, 0) is 11.3 Å². The third-order valence-corrected chi connectivity index (χ3v) is 6.97. The van der Waals surface area contributed by atoms with E-state index in [0.29, 0.717) is 0 Å². The summed E-state index contributed by atoms with van der Waals surface area (Å²) in [5.74, 6) is -7.31. The molecule has 0 spiro atoms. The molecule has 2 aliphatic heterocycles. The third kappa shape index (κ3) is 6.04. The molecule has 2 atom stereocenters. The van der Waals surface area contributed by atoms with Crippen molar-refractivity contribution in [1.82, 2.24) is 19.8 Å². The fourth-order valence-electron chi connectivity index (χ4n) is 4.63. The Balaban J connectivity index is 1.47. The summed E-state index contributed by atoms with van der Waals surface area (Å²) in [4.78, 5) is 34.9. The summed E-state index contributed by atoms with van der Waals surface area (Å²) in [7, 11) is 0. The number of aromatic amines is 1. The number of nitrogens with zero attached hydrogens (tertiary/aromatic N) is 3. The second kappa shape index (κ2) is 10.2. The molecule has 8 nitrogen and oxygen atoms in total. The van der Waals surface area contributed by atoms with Crippen LogP contribution in [0.5, 0.6) is 5.75 Å². The number of carbonyl (C=O) groups excluding carboxylic acids is 1. The van der Waals surface area contributed by atoms with E-state index in [0.717, 1.165) is 0 Å². The predicted molar refractivity (Wildman–Crippen MR) is 124 cm³/mol. The number of aromatic hydroxyl groups is 1. The molecular weight excluding hydrogens is 482 g/mol. The van der Waals surface area contributed by atoms with Gasteiger partial charge in [0.1, 0.15) is 11.6 Å². The van der Waals surface area contributed by atoms with Gasteiger partial charge in [-0.3, -0.25) is 19.4 Å². The summed E-state index contributed by atoms with van der Waals surface area (Å²) in [6.45, 7) is 1.82. The Morgan fingerprint density at radius 1 is 1.22 bits per heavy atom. The Hall–Kier alpha value is -2.99. The standard InChI is InChI=1S/C24H29F4N5O3/c1-15(21(35)31-20-3-2-18(34)12-29-20)33-9-6-24(27,28)19(14-33)16-10-17(22(36)30-11-16)13-32-7-4-23(25,26)5-8-32/h2-3,10-12,15,19,34H,4-9,13-14H2,1H3,(H,30,36)(H,29,31,35)/t15-,19+/m0/s1. The summed E-state index contributed by atoms with van der Waals surface area (Å²) >= 11 is 0. The number of nitrogens with one attached hydrogen (secondary N) is 2. The molecule has 0 saturated carbocycles. The lowest BCUT2D eigenvalue weighted by atomic mass is 9.86. The highest BCUT2D eigenvalue weighted by Crippen LogP contribution is 2.41. The largest absolute Gasteiger partial charge is 0.506 e. The maximum Gasteiger partial charge on any atom is 0.257 e. The summed E-state index contributed by atoms with van der Waals surface area (Å²) in [6.07, 6.45) is 1.37. The summed E-state index contributed by atoms with van der Waals surface area (Å²) in [5, 5.41) is 11.9. The van der Waals surface area contributed by atoms with E-state index in [1.165, 1.54) is 30.6 Å². The molecular formula is C24H29F4N5O3. The molecule has 36 heavy (non-hydrogen) atoms. The first-order valence-electron chi connectivity index (χ1n) is 11.8. The van der Waals surface area contributed by atoms with Crippen molar-refractivity contribution in [2.75, 3.05) is 31.5 Å². The van der Waals surface area contributed by atoms with Crippen LogP contribution in [0.2, 0.25) is 0 Å². The van der Waals surface area contributed by atoms with E-state index >= 15 is 8.78 Å². The van der Waals surface area contributed by atoms with Crippen LogP contribution in [0, 0.1) is 0 Å². The summed E-state index contributed by atoms with van der Waals surface area (Å²) in [6, 6.07) is 3.49. The number of hydrogen-bond acceptors (Lipinski definition) is 6. The van der Waals surface area contributed by atoms with E-state index in [2.05, 4.69) is 15.3 Å². The van der Waals surface area contributed by atoms with Crippen LogP contribution in [0.1, 0.15) is 43.2 Å². The van der Waals surface area contributed by atoms with Crippen LogP contribution in [0.25, 0.3) is 0 Å². The fourth-order valence-corrected chi connectivity index (χ4v) is 4.63. The van der Waals surface area contributed by atoms with E-state index in [-0.39, 0.29) is 68.3 Å². The number of rotatable bonds is 6. The molecule has 3 N–H and O–H groups in total. The number of alkyl halides is 4. The van der Waals surface area contributed by atoms with Gasteiger partial charge in [0, 0.05) is 63.7 Å². The first-order valence-corrected chi connectivity index (χ1v) is 11.8. The highest BCUT2D eigenvalue weighted by Gasteiger charge is 2.46. The highest BCUT2D eigenvalue weighted by molar-refractivity contribution is 5.93. The second-order valence-corrected chi connectivity index (χ2v) is 9.54. The summed E-state index contributed by atoms with van der Waals surface area (Å²) in [5.41, 5.74) is 0.0329. The molecule has 12 heteroatoms. The number of hydrogen-bond donors (Lipinski definition) is 3. The van der Waals surface area contributed by atoms with Crippen LogP contribution < -0.4 is 10.9 Å². The number of H-pyrrole nitrogens is 1. The molecule has 0 radical (unpaired) electrons. The topological polar surface area (TPSA) is 102 Å². The lowest BCUT2D eigenvalue weighted by Crippen LogP contribution is -2.52. The van der Waals surface area contributed by atoms with Crippen molar-refractivity contribution in [3.05, 3.63) is 52.1 Å². The molecule has 4 rings (SSSR count). The highest BCUT2D eigenvalue weighted by atomic mass is 19.3. The minimum Gasteiger partial charge on any atom is -0.506 e. The number of amides is 1. The first-order chi connectivity index (χ1) is 16.9. The molecule has 196 valence electrons. The molecule has 4 heterocycles. The van der Waals surface area contributed by atoms with Crippen molar-refractivity contribution in [2.45, 2.75) is 56.5 Å². The number of pyridine rings is 2. The number of carbonyl (C=O) groups is 1. The van der Waals surface area contributed by atoms with Crippen LogP contribution in [0.15, 0.2) is 35.4 Å². The molecule has 0 unspecified atom stereocenters. The zero-order chi connectivity index (χ0) is 26.1.